The SMILES string of the molecule is Cc1c(Br)cc(F)c(C#N)c1C(=O)N(C)C. The van der Waals surface area contributed by atoms with Crippen molar-refractivity contribution in [2.75, 3.05) is 14.1 Å². The summed E-state index contributed by atoms with van der Waals surface area (Å²) in [6.45, 7) is 1.67. The summed E-state index contributed by atoms with van der Waals surface area (Å²) in [5.74, 6) is -1.07. The van der Waals surface area contributed by atoms with Crippen LogP contribution in [0, 0.1) is 24.1 Å². The fourth-order valence-corrected chi connectivity index (χ4v) is 1.72. The number of rotatable bonds is 1. The van der Waals surface area contributed by atoms with E-state index in [1.165, 1.54) is 11.0 Å². The third-order valence-electron chi connectivity index (χ3n) is 2.21. The van der Waals surface area contributed by atoms with E-state index in [1.807, 2.05) is 0 Å². The minimum atomic E-state index is -0.690. The minimum absolute atomic E-state index is 0.111. The highest BCUT2D eigenvalue weighted by Gasteiger charge is 2.21. The molecule has 0 heterocycles. The van der Waals surface area contributed by atoms with Crippen LogP contribution in [0.2, 0.25) is 0 Å². The molecule has 0 saturated carbocycles. The van der Waals surface area contributed by atoms with E-state index in [0.29, 0.717) is 10.0 Å². The van der Waals surface area contributed by atoms with Crippen molar-refractivity contribution in [1.82, 2.24) is 4.90 Å². The number of hydrogen-bond donors (Lipinski definition) is 0. The van der Waals surface area contributed by atoms with Crippen molar-refractivity contribution in [1.29, 1.82) is 5.26 Å². The molecule has 0 radical (unpaired) electrons. The predicted molar refractivity (Wildman–Crippen MR) is 61.6 cm³/mol. The molecule has 0 aromatic heterocycles. The molecule has 1 aromatic carbocycles. The van der Waals surface area contributed by atoms with Crippen molar-refractivity contribution >= 4 is 21.8 Å². The molecule has 1 amide bonds. The molecule has 0 aliphatic rings. The summed E-state index contributed by atoms with van der Waals surface area (Å²) in [7, 11) is 3.11. The Hall–Kier alpha value is -1.41. The summed E-state index contributed by atoms with van der Waals surface area (Å²) in [6.07, 6.45) is 0. The van der Waals surface area contributed by atoms with Crippen molar-refractivity contribution in [3.05, 3.63) is 33.0 Å². The Morgan fingerprint density at radius 2 is 2.12 bits per heavy atom. The average molecular weight is 285 g/mol. The van der Waals surface area contributed by atoms with Crippen LogP contribution >= 0.6 is 15.9 Å². The van der Waals surface area contributed by atoms with Gasteiger partial charge in [-0.2, -0.15) is 5.26 Å². The molecule has 1 rings (SSSR count). The van der Waals surface area contributed by atoms with Crippen LogP contribution < -0.4 is 0 Å². The lowest BCUT2D eigenvalue weighted by atomic mass is 10.0. The minimum Gasteiger partial charge on any atom is -0.345 e. The third kappa shape index (κ3) is 2.07. The largest absolute Gasteiger partial charge is 0.345 e. The van der Waals surface area contributed by atoms with Crippen molar-refractivity contribution in [2.45, 2.75) is 6.92 Å². The monoisotopic (exact) mass is 284 g/mol. The van der Waals surface area contributed by atoms with Crippen LogP contribution in [0.25, 0.3) is 0 Å². The number of hydrogen-bond acceptors (Lipinski definition) is 2. The predicted octanol–water partition coefficient (Wildman–Crippen LogP) is 2.47. The summed E-state index contributed by atoms with van der Waals surface area (Å²) in [5, 5.41) is 8.87. The molecule has 0 aliphatic carbocycles. The summed E-state index contributed by atoms with van der Waals surface area (Å²) in [5.41, 5.74) is 0.468. The van der Waals surface area contributed by atoms with Gasteiger partial charge < -0.3 is 4.90 Å². The molecule has 5 heteroatoms. The zero-order chi connectivity index (χ0) is 12.5. The molecule has 84 valence electrons. The quantitative estimate of drug-likeness (QED) is 0.795. The highest BCUT2D eigenvalue weighted by atomic mass is 79.9. The van der Waals surface area contributed by atoms with Crippen LogP contribution in [0.1, 0.15) is 21.5 Å². The van der Waals surface area contributed by atoms with Gasteiger partial charge in [-0.1, -0.05) is 15.9 Å². The Kier molecular flexibility index (Phi) is 3.66. The number of carbonyl (C=O) groups excluding carboxylic acids is 1. The topological polar surface area (TPSA) is 44.1 Å². The second-order valence-electron chi connectivity index (χ2n) is 3.53. The van der Waals surface area contributed by atoms with Gasteiger partial charge in [0.2, 0.25) is 0 Å². The van der Waals surface area contributed by atoms with Crippen molar-refractivity contribution in [3.63, 3.8) is 0 Å². The molecule has 0 saturated heterocycles. The summed E-state index contributed by atoms with van der Waals surface area (Å²) < 4.78 is 14.0. The van der Waals surface area contributed by atoms with Gasteiger partial charge in [-0.3, -0.25) is 4.79 Å². The highest BCUT2D eigenvalue weighted by Crippen LogP contribution is 2.26. The molecule has 3 nitrogen and oxygen atoms in total. The molecule has 0 spiro atoms. The first kappa shape index (κ1) is 12.7. The fourth-order valence-electron chi connectivity index (χ4n) is 1.32. The van der Waals surface area contributed by atoms with E-state index < -0.39 is 5.82 Å². The van der Waals surface area contributed by atoms with E-state index in [4.69, 9.17) is 5.26 Å². The lowest BCUT2D eigenvalue weighted by Crippen LogP contribution is -2.24. The average Bonchev–Trinajstić information content (AvgIpc) is 2.21. The van der Waals surface area contributed by atoms with Gasteiger partial charge in [-0.05, 0) is 18.6 Å². The van der Waals surface area contributed by atoms with Crippen molar-refractivity contribution in [2.24, 2.45) is 0 Å². The zero-order valence-electron chi connectivity index (χ0n) is 9.14. The van der Waals surface area contributed by atoms with Crippen molar-refractivity contribution < 1.29 is 9.18 Å². The number of nitrogens with zero attached hydrogens (tertiary/aromatic N) is 2. The molecule has 0 fully saturated rings. The van der Waals surface area contributed by atoms with Gasteiger partial charge in [-0.25, -0.2) is 4.39 Å². The van der Waals surface area contributed by atoms with Crippen LogP contribution in [0.5, 0.6) is 0 Å². The first-order valence-corrected chi connectivity index (χ1v) is 5.29. The van der Waals surface area contributed by atoms with Gasteiger partial charge in [0.05, 0.1) is 5.56 Å². The normalized spacial score (nSPS) is 9.75. The Labute approximate surface area is 102 Å². The van der Waals surface area contributed by atoms with Gasteiger partial charge in [-0.15, -0.1) is 0 Å². The second kappa shape index (κ2) is 4.62. The lowest BCUT2D eigenvalue weighted by molar-refractivity contribution is 0.0826. The van der Waals surface area contributed by atoms with Crippen LogP contribution in [0.4, 0.5) is 4.39 Å². The fraction of sp³-hybridized carbons (Fsp3) is 0.273. The number of halogens is 2. The van der Waals surface area contributed by atoms with Gasteiger partial charge in [0, 0.05) is 18.6 Å². The smallest absolute Gasteiger partial charge is 0.255 e. The standard InChI is InChI=1S/C11H10BrFN2O/c1-6-8(12)4-9(13)7(5-14)10(6)11(16)15(2)3/h4H,1-3H3. The molecule has 0 unspecified atom stereocenters. The first-order valence-electron chi connectivity index (χ1n) is 4.50. The molecule has 0 aliphatic heterocycles. The van der Waals surface area contributed by atoms with E-state index >= 15 is 0 Å². The zero-order valence-corrected chi connectivity index (χ0v) is 10.7. The number of amides is 1. The molecular weight excluding hydrogens is 275 g/mol. The Bertz CT molecular complexity index is 492. The van der Waals surface area contributed by atoms with Gasteiger partial charge >= 0.3 is 0 Å². The molecule has 16 heavy (non-hydrogen) atoms. The molecular formula is C11H10BrFN2O. The Morgan fingerprint density at radius 3 is 2.56 bits per heavy atom. The third-order valence-corrected chi connectivity index (χ3v) is 3.03. The van der Waals surface area contributed by atoms with Gasteiger partial charge in [0.1, 0.15) is 17.4 Å². The van der Waals surface area contributed by atoms with Crippen LogP contribution in [-0.2, 0) is 0 Å². The molecule has 1 aromatic rings. The first-order chi connectivity index (χ1) is 7.40. The second-order valence-corrected chi connectivity index (χ2v) is 4.38. The number of carbonyl (C=O) groups is 1. The van der Waals surface area contributed by atoms with Gasteiger partial charge in [0.15, 0.2) is 0 Å². The highest BCUT2D eigenvalue weighted by molar-refractivity contribution is 9.10. The Balaban J connectivity index is 3.59. The van der Waals surface area contributed by atoms with E-state index in [-0.39, 0.29) is 17.0 Å². The van der Waals surface area contributed by atoms with E-state index in [0.717, 1.165) is 0 Å². The summed E-state index contributed by atoms with van der Waals surface area (Å²) in [6, 6.07) is 2.92. The molecule has 0 N–H and O–H groups in total. The maximum Gasteiger partial charge on any atom is 0.255 e. The van der Waals surface area contributed by atoms with E-state index in [1.54, 1.807) is 27.1 Å². The van der Waals surface area contributed by atoms with Crippen LogP contribution in [0.15, 0.2) is 10.5 Å². The maximum atomic E-state index is 13.5. The lowest BCUT2D eigenvalue weighted by Gasteiger charge is -2.15. The van der Waals surface area contributed by atoms with E-state index in [9.17, 15) is 9.18 Å². The van der Waals surface area contributed by atoms with Crippen LogP contribution in [0.3, 0.4) is 0 Å². The molecule has 0 atom stereocenters. The van der Waals surface area contributed by atoms with Gasteiger partial charge in [0.25, 0.3) is 5.91 Å². The Morgan fingerprint density at radius 1 is 1.56 bits per heavy atom. The van der Waals surface area contributed by atoms with E-state index in [2.05, 4.69) is 15.9 Å². The summed E-state index contributed by atoms with van der Waals surface area (Å²) >= 11 is 3.16. The van der Waals surface area contributed by atoms with Crippen molar-refractivity contribution in [3.8, 4) is 6.07 Å². The maximum absolute atomic E-state index is 13.5. The van der Waals surface area contributed by atoms with Crippen LogP contribution in [-0.4, -0.2) is 24.9 Å². The molecule has 0 bridgehead atoms. The number of nitriles is 1. The number of benzene rings is 1. The summed E-state index contributed by atoms with van der Waals surface area (Å²) in [4.78, 5) is 13.2.